The van der Waals surface area contributed by atoms with E-state index < -0.39 is 11.7 Å². The summed E-state index contributed by atoms with van der Waals surface area (Å²) in [6, 6.07) is 14.5. The predicted molar refractivity (Wildman–Crippen MR) is 93.7 cm³/mol. The average Bonchev–Trinajstić information content (AvgIpc) is 3.06. The maximum atomic E-state index is 12.7. The zero-order valence-corrected chi connectivity index (χ0v) is 13.6. The summed E-state index contributed by atoms with van der Waals surface area (Å²) in [5.41, 5.74) is 1.89. The van der Waals surface area contributed by atoms with Crippen LogP contribution in [-0.2, 0) is 4.79 Å². The van der Waals surface area contributed by atoms with E-state index in [1.165, 1.54) is 4.90 Å². The molecule has 0 radical (unpaired) electrons. The average molecular weight is 322 g/mol. The van der Waals surface area contributed by atoms with Gasteiger partial charge in [0.05, 0.1) is 12.7 Å². The van der Waals surface area contributed by atoms with Gasteiger partial charge in [-0.2, -0.15) is 0 Å². The van der Waals surface area contributed by atoms with Gasteiger partial charge in [0.15, 0.2) is 0 Å². The van der Waals surface area contributed by atoms with Crippen LogP contribution >= 0.6 is 0 Å². The van der Waals surface area contributed by atoms with Crippen LogP contribution in [0.15, 0.2) is 54.7 Å². The summed E-state index contributed by atoms with van der Waals surface area (Å²) in [5.74, 6) is -0.372. The fourth-order valence-corrected chi connectivity index (χ4v) is 2.70. The number of benzene rings is 2. The number of hydrogen-bond acceptors (Lipinski definition) is 3. The van der Waals surface area contributed by atoms with Crippen LogP contribution in [-0.4, -0.2) is 30.3 Å². The van der Waals surface area contributed by atoms with Gasteiger partial charge < -0.3 is 14.6 Å². The van der Waals surface area contributed by atoms with Crippen LogP contribution in [0, 0.1) is 0 Å². The molecule has 0 aliphatic carbocycles. The number of anilines is 1. The highest BCUT2D eigenvalue weighted by molar-refractivity contribution is 6.48. The molecule has 24 heavy (non-hydrogen) atoms. The number of ketones is 1. The minimum absolute atomic E-state index is 0.391. The first-order valence-electron chi connectivity index (χ1n) is 7.72. The van der Waals surface area contributed by atoms with Gasteiger partial charge in [-0.25, -0.2) is 0 Å². The highest BCUT2D eigenvalue weighted by atomic mass is 16.5. The fourth-order valence-electron chi connectivity index (χ4n) is 2.70. The van der Waals surface area contributed by atoms with E-state index in [1.807, 2.05) is 31.2 Å². The highest BCUT2D eigenvalue weighted by Gasteiger charge is 2.25. The SMILES string of the molecule is CCN(C(=O)C(=O)c1c[nH]c2ccccc12)c1ccc(OC)cc1. The number of para-hydroxylation sites is 1. The van der Waals surface area contributed by atoms with Crippen LogP contribution in [0.5, 0.6) is 5.75 Å². The van der Waals surface area contributed by atoms with E-state index >= 15 is 0 Å². The van der Waals surface area contributed by atoms with Crippen LogP contribution in [0.2, 0.25) is 0 Å². The molecular formula is C19H18N2O3. The van der Waals surface area contributed by atoms with Crippen molar-refractivity contribution in [2.24, 2.45) is 0 Å². The molecule has 0 atom stereocenters. The van der Waals surface area contributed by atoms with Crippen molar-refractivity contribution >= 4 is 28.3 Å². The van der Waals surface area contributed by atoms with Crippen molar-refractivity contribution in [1.29, 1.82) is 0 Å². The number of carbonyl (C=O) groups is 2. The summed E-state index contributed by atoms with van der Waals surface area (Å²) >= 11 is 0. The maximum Gasteiger partial charge on any atom is 0.299 e. The van der Waals surface area contributed by atoms with E-state index in [2.05, 4.69) is 4.98 Å². The second-order valence-electron chi connectivity index (χ2n) is 5.32. The number of fused-ring (bicyclic) bond motifs is 1. The summed E-state index contributed by atoms with van der Waals surface area (Å²) in [5, 5.41) is 0.752. The van der Waals surface area contributed by atoms with Crippen LogP contribution < -0.4 is 9.64 Å². The first-order valence-corrected chi connectivity index (χ1v) is 7.72. The molecule has 0 saturated heterocycles. The summed E-state index contributed by atoms with van der Waals surface area (Å²) in [6.45, 7) is 2.24. The minimum Gasteiger partial charge on any atom is -0.497 e. The number of likely N-dealkylation sites (N-methyl/N-ethyl adjacent to an activating group) is 1. The van der Waals surface area contributed by atoms with Gasteiger partial charge in [-0.1, -0.05) is 18.2 Å². The third kappa shape index (κ3) is 2.76. The highest BCUT2D eigenvalue weighted by Crippen LogP contribution is 2.22. The Morgan fingerprint density at radius 2 is 1.79 bits per heavy atom. The summed E-state index contributed by atoms with van der Waals surface area (Å²) in [6.07, 6.45) is 1.59. The van der Waals surface area contributed by atoms with E-state index in [1.54, 1.807) is 37.6 Å². The lowest BCUT2D eigenvalue weighted by Crippen LogP contribution is -2.36. The number of hydrogen-bond donors (Lipinski definition) is 1. The Morgan fingerprint density at radius 3 is 2.46 bits per heavy atom. The van der Waals surface area contributed by atoms with E-state index in [4.69, 9.17) is 4.74 Å². The molecule has 1 aromatic heterocycles. The van der Waals surface area contributed by atoms with Crippen molar-refractivity contribution in [3.63, 3.8) is 0 Å². The summed E-state index contributed by atoms with van der Waals surface area (Å²) in [7, 11) is 1.58. The molecule has 1 N–H and O–H groups in total. The Kier molecular flexibility index (Phi) is 4.33. The zero-order valence-electron chi connectivity index (χ0n) is 13.6. The van der Waals surface area contributed by atoms with Crippen LogP contribution in [0.3, 0.4) is 0 Å². The molecule has 3 rings (SSSR count). The molecule has 5 nitrogen and oxygen atoms in total. The number of amides is 1. The molecule has 0 unspecified atom stereocenters. The first-order chi connectivity index (χ1) is 11.7. The molecule has 0 bridgehead atoms. The van der Waals surface area contributed by atoms with Crippen LogP contribution in [0.1, 0.15) is 17.3 Å². The number of rotatable bonds is 5. The monoisotopic (exact) mass is 322 g/mol. The van der Waals surface area contributed by atoms with Gasteiger partial charge in [-0.3, -0.25) is 9.59 Å². The summed E-state index contributed by atoms with van der Waals surface area (Å²) in [4.78, 5) is 29.9. The second-order valence-corrected chi connectivity index (χ2v) is 5.32. The molecule has 3 aromatic rings. The molecule has 0 aliphatic heterocycles. The molecule has 0 spiro atoms. The lowest BCUT2D eigenvalue weighted by Gasteiger charge is -2.20. The predicted octanol–water partition coefficient (Wildman–Crippen LogP) is 3.41. The van der Waals surface area contributed by atoms with Gasteiger partial charge in [0.2, 0.25) is 0 Å². The summed E-state index contributed by atoms with van der Waals surface area (Å²) < 4.78 is 5.12. The van der Waals surface area contributed by atoms with E-state index in [9.17, 15) is 9.59 Å². The zero-order chi connectivity index (χ0) is 17.1. The number of aromatic nitrogens is 1. The van der Waals surface area contributed by atoms with Gasteiger partial charge >= 0.3 is 0 Å². The molecule has 0 aliphatic rings. The normalized spacial score (nSPS) is 10.6. The number of Topliss-reactive ketones (excluding diaryl/α,β-unsaturated/α-hetero) is 1. The van der Waals surface area contributed by atoms with Gasteiger partial charge in [0.25, 0.3) is 11.7 Å². The quantitative estimate of drug-likeness (QED) is 0.578. The third-order valence-corrected chi connectivity index (χ3v) is 3.97. The van der Waals surface area contributed by atoms with E-state index in [0.717, 1.165) is 10.9 Å². The van der Waals surface area contributed by atoms with Crippen molar-refractivity contribution in [1.82, 2.24) is 4.98 Å². The molecule has 0 saturated carbocycles. The van der Waals surface area contributed by atoms with Crippen molar-refractivity contribution in [3.05, 3.63) is 60.3 Å². The van der Waals surface area contributed by atoms with Crippen molar-refractivity contribution in [2.75, 3.05) is 18.6 Å². The smallest absolute Gasteiger partial charge is 0.299 e. The number of aromatic amines is 1. The Hall–Kier alpha value is -3.08. The Balaban J connectivity index is 1.91. The fraction of sp³-hybridized carbons (Fsp3) is 0.158. The van der Waals surface area contributed by atoms with Gasteiger partial charge in [-0.05, 0) is 37.3 Å². The second kappa shape index (κ2) is 6.58. The molecule has 0 fully saturated rings. The third-order valence-electron chi connectivity index (χ3n) is 3.97. The Labute approximate surface area is 139 Å². The van der Waals surface area contributed by atoms with Crippen molar-refractivity contribution in [2.45, 2.75) is 6.92 Å². The van der Waals surface area contributed by atoms with Crippen molar-refractivity contribution in [3.8, 4) is 5.75 Å². The molecule has 5 heteroatoms. The number of nitrogens with one attached hydrogen (secondary N) is 1. The van der Waals surface area contributed by atoms with E-state index in [0.29, 0.717) is 23.5 Å². The molecule has 122 valence electrons. The topological polar surface area (TPSA) is 62.4 Å². The number of H-pyrrole nitrogens is 1. The number of nitrogens with zero attached hydrogens (tertiary/aromatic N) is 1. The lowest BCUT2D eigenvalue weighted by atomic mass is 10.1. The van der Waals surface area contributed by atoms with Crippen LogP contribution in [0.4, 0.5) is 5.69 Å². The standard InChI is InChI=1S/C19H18N2O3/c1-3-21(13-8-10-14(24-2)11-9-13)19(23)18(22)16-12-20-17-7-5-4-6-15(16)17/h4-12,20H,3H2,1-2H3. The number of carbonyl (C=O) groups excluding carboxylic acids is 2. The van der Waals surface area contributed by atoms with Gasteiger partial charge in [0.1, 0.15) is 5.75 Å². The van der Waals surface area contributed by atoms with Crippen molar-refractivity contribution < 1.29 is 14.3 Å². The number of ether oxygens (including phenoxy) is 1. The molecule has 1 amide bonds. The Morgan fingerprint density at radius 1 is 1.08 bits per heavy atom. The lowest BCUT2D eigenvalue weighted by molar-refractivity contribution is -0.114. The number of methoxy groups -OCH3 is 1. The van der Waals surface area contributed by atoms with E-state index in [-0.39, 0.29) is 0 Å². The largest absolute Gasteiger partial charge is 0.497 e. The Bertz CT molecular complexity index is 881. The molecule has 2 aromatic carbocycles. The van der Waals surface area contributed by atoms with Gasteiger partial charge in [-0.15, -0.1) is 0 Å². The first kappa shape index (κ1) is 15.8. The molecular weight excluding hydrogens is 304 g/mol. The van der Waals surface area contributed by atoms with Gasteiger partial charge in [0, 0.05) is 29.3 Å². The maximum absolute atomic E-state index is 12.7. The molecule has 1 heterocycles. The van der Waals surface area contributed by atoms with Crippen LogP contribution in [0.25, 0.3) is 10.9 Å². The minimum atomic E-state index is -0.549.